The fourth-order valence-electron chi connectivity index (χ4n) is 3.57. The van der Waals surface area contributed by atoms with Gasteiger partial charge in [-0.15, -0.1) is 0 Å². The molecule has 8 nitrogen and oxygen atoms in total. The maximum Gasteiger partial charge on any atom is 0.270 e. The van der Waals surface area contributed by atoms with Crippen molar-refractivity contribution in [3.8, 4) is 0 Å². The topological polar surface area (TPSA) is 109 Å². The second-order valence-corrected chi connectivity index (χ2v) is 6.98. The third-order valence-corrected chi connectivity index (χ3v) is 4.99. The Labute approximate surface area is 159 Å². The number of nitrogens with two attached hydrogens (primary N) is 1. The molecule has 3 heterocycles. The predicted octanol–water partition coefficient (Wildman–Crippen LogP) is 1.56. The van der Waals surface area contributed by atoms with E-state index in [-0.39, 0.29) is 24.5 Å². The number of aromatic nitrogens is 3. The summed E-state index contributed by atoms with van der Waals surface area (Å²) in [5, 5.41) is 12.7. The van der Waals surface area contributed by atoms with E-state index >= 15 is 0 Å². The highest BCUT2D eigenvalue weighted by Gasteiger charge is 2.27. The number of hydrogen-bond donors (Lipinski definition) is 3. The standard InChI is InChI=1S/C19H28N6O2/c1-3-5-13(8-11-26)21-17-14-7-10-25(12-15(14)22-19(20)23-17)18(27)16-6-4-9-24(16)2/h4,6,9,13,26H,3,5,7-8,10-12H2,1-2H3,(H3,20,21,22,23). The molecule has 1 atom stereocenters. The van der Waals surface area contributed by atoms with Crippen LogP contribution in [0.4, 0.5) is 11.8 Å². The number of rotatable bonds is 7. The highest BCUT2D eigenvalue weighted by molar-refractivity contribution is 5.93. The number of amides is 1. The number of nitrogen functional groups attached to an aromatic ring is 1. The zero-order chi connectivity index (χ0) is 19.4. The summed E-state index contributed by atoms with van der Waals surface area (Å²) in [6, 6.07) is 3.83. The van der Waals surface area contributed by atoms with Gasteiger partial charge in [0.15, 0.2) is 0 Å². The normalized spacial score (nSPS) is 14.7. The lowest BCUT2D eigenvalue weighted by atomic mass is 10.0. The fourth-order valence-corrected chi connectivity index (χ4v) is 3.57. The number of aliphatic hydroxyl groups is 1. The first-order valence-electron chi connectivity index (χ1n) is 9.46. The van der Waals surface area contributed by atoms with Gasteiger partial charge in [0.1, 0.15) is 11.5 Å². The van der Waals surface area contributed by atoms with Crippen molar-refractivity contribution < 1.29 is 9.90 Å². The average Bonchev–Trinajstić information content (AvgIpc) is 3.06. The summed E-state index contributed by atoms with van der Waals surface area (Å²) in [6.45, 7) is 3.26. The van der Waals surface area contributed by atoms with Gasteiger partial charge in [0.25, 0.3) is 5.91 Å². The van der Waals surface area contributed by atoms with Gasteiger partial charge in [-0.25, -0.2) is 4.98 Å². The molecule has 1 unspecified atom stereocenters. The Morgan fingerprint density at radius 1 is 1.41 bits per heavy atom. The third kappa shape index (κ3) is 4.21. The molecule has 3 rings (SSSR count). The molecule has 1 aliphatic heterocycles. The summed E-state index contributed by atoms with van der Waals surface area (Å²) in [7, 11) is 1.86. The Balaban J connectivity index is 1.82. The molecule has 0 saturated heterocycles. The minimum Gasteiger partial charge on any atom is -0.396 e. The van der Waals surface area contributed by atoms with Crippen molar-refractivity contribution in [2.45, 2.75) is 45.2 Å². The minimum absolute atomic E-state index is 0.0102. The first-order chi connectivity index (χ1) is 13.0. The number of carbonyl (C=O) groups is 1. The molecule has 0 saturated carbocycles. The highest BCUT2D eigenvalue weighted by atomic mass is 16.3. The Bertz CT molecular complexity index is 797. The molecule has 146 valence electrons. The Morgan fingerprint density at radius 3 is 2.89 bits per heavy atom. The SMILES string of the molecule is CCCC(CCO)Nc1nc(N)nc2c1CCN(C(=O)c1cccn1C)C2. The monoisotopic (exact) mass is 372 g/mol. The summed E-state index contributed by atoms with van der Waals surface area (Å²) in [4.78, 5) is 23.4. The Hall–Kier alpha value is -2.61. The van der Waals surface area contributed by atoms with Gasteiger partial charge in [0.05, 0.1) is 12.2 Å². The van der Waals surface area contributed by atoms with Gasteiger partial charge >= 0.3 is 0 Å². The summed E-state index contributed by atoms with van der Waals surface area (Å²) < 4.78 is 1.82. The van der Waals surface area contributed by atoms with Crippen LogP contribution in [0.5, 0.6) is 0 Å². The first kappa shape index (κ1) is 19.2. The highest BCUT2D eigenvalue weighted by Crippen LogP contribution is 2.26. The van der Waals surface area contributed by atoms with Gasteiger partial charge in [0.2, 0.25) is 5.95 Å². The first-order valence-corrected chi connectivity index (χ1v) is 9.46. The van der Waals surface area contributed by atoms with E-state index in [2.05, 4.69) is 22.2 Å². The van der Waals surface area contributed by atoms with Crippen molar-refractivity contribution in [1.29, 1.82) is 0 Å². The zero-order valence-electron chi connectivity index (χ0n) is 16.0. The van der Waals surface area contributed by atoms with Crippen molar-refractivity contribution in [3.63, 3.8) is 0 Å². The molecular formula is C19H28N6O2. The second kappa shape index (κ2) is 8.39. The van der Waals surface area contributed by atoms with Crippen LogP contribution in [0.15, 0.2) is 18.3 Å². The van der Waals surface area contributed by atoms with E-state index in [1.807, 2.05) is 29.9 Å². The van der Waals surface area contributed by atoms with Crippen molar-refractivity contribution >= 4 is 17.7 Å². The molecule has 0 spiro atoms. The summed E-state index contributed by atoms with van der Waals surface area (Å²) >= 11 is 0. The van der Waals surface area contributed by atoms with E-state index < -0.39 is 0 Å². The van der Waals surface area contributed by atoms with E-state index in [1.54, 1.807) is 4.90 Å². The zero-order valence-corrected chi connectivity index (χ0v) is 16.0. The quantitative estimate of drug-likeness (QED) is 0.680. The minimum atomic E-state index is -0.0102. The smallest absolute Gasteiger partial charge is 0.270 e. The predicted molar refractivity (Wildman–Crippen MR) is 104 cm³/mol. The van der Waals surface area contributed by atoms with Gasteiger partial charge in [-0.3, -0.25) is 4.79 Å². The van der Waals surface area contributed by atoms with Crippen LogP contribution >= 0.6 is 0 Å². The van der Waals surface area contributed by atoms with E-state index in [0.29, 0.717) is 31.6 Å². The van der Waals surface area contributed by atoms with Crippen molar-refractivity contribution in [2.24, 2.45) is 7.05 Å². The van der Waals surface area contributed by atoms with E-state index in [1.165, 1.54) is 0 Å². The Morgan fingerprint density at radius 2 is 2.22 bits per heavy atom. The van der Waals surface area contributed by atoms with Crippen LogP contribution in [0.1, 0.15) is 47.9 Å². The molecule has 8 heteroatoms. The van der Waals surface area contributed by atoms with Crippen molar-refractivity contribution in [1.82, 2.24) is 19.4 Å². The molecule has 0 radical (unpaired) electrons. The van der Waals surface area contributed by atoms with E-state index in [0.717, 1.165) is 29.9 Å². The lowest BCUT2D eigenvalue weighted by molar-refractivity contribution is 0.0722. The second-order valence-electron chi connectivity index (χ2n) is 6.98. The van der Waals surface area contributed by atoms with Crippen LogP contribution in [0.2, 0.25) is 0 Å². The number of nitrogens with one attached hydrogen (secondary N) is 1. The van der Waals surface area contributed by atoms with Crippen LogP contribution in [0.25, 0.3) is 0 Å². The number of anilines is 2. The van der Waals surface area contributed by atoms with Crippen LogP contribution in [0.3, 0.4) is 0 Å². The van der Waals surface area contributed by atoms with Crippen LogP contribution in [-0.4, -0.2) is 49.6 Å². The van der Waals surface area contributed by atoms with Crippen LogP contribution in [-0.2, 0) is 20.0 Å². The molecule has 0 fully saturated rings. The van der Waals surface area contributed by atoms with Crippen LogP contribution in [0, 0.1) is 0 Å². The molecule has 0 aliphatic carbocycles. The largest absolute Gasteiger partial charge is 0.396 e. The number of fused-ring (bicyclic) bond motifs is 1. The van der Waals surface area contributed by atoms with Gasteiger partial charge in [0, 0.05) is 38.0 Å². The van der Waals surface area contributed by atoms with Gasteiger partial charge < -0.3 is 25.6 Å². The molecule has 1 amide bonds. The lowest BCUT2D eigenvalue weighted by Gasteiger charge is -2.30. The fraction of sp³-hybridized carbons (Fsp3) is 0.526. The molecule has 4 N–H and O–H groups in total. The summed E-state index contributed by atoms with van der Waals surface area (Å²) in [5.74, 6) is 0.919. The lowest BCUT2D eigenvalue weighted by Crippen LogP contribution is -2.38. The molecule has 2 aromatic rings. The number of carbonyl (C=O) groups excluding carboxylic acids is 1. The average molecular weight is 372 g/mol. The third-order valence-electron chi connectivity index (χ3n) is 4.99. The van der Waals surface area contributed by atoms with Crippen LogP contribution < -0.4 is 11.1 Å². The summed E-state index contributed by atoms with van der Waals surface area (Å²) in [6.07, 6.45) is 5.15. The number of hydrogen-bond acceptors (Lipinski definition) is 6. The van der Waals surface area contributed by atoms with Gasteiger partial charge in [-0.1, -0.05) is 13.3 Å². The maximum absolute atomic E-state index is 12.8. The number of nitrogens with zero attached hydrogens (tertiary/aromatic N) is 4. The van der Waals surface area contributed by atoms with Crippen molar-refractivity contribution in [3.05, 3.63) is 35.3 Å². The molecule has 0 bridgehead atoms. The number of aryl methyl sites for hydroxylation is 1. The molecule has 1 aliphatic rings. The molecule has 2 aromatic heterocycles. The summed E-state index contributed by atoms with van der Waals surface area (Å²) in [5.41, 5.74) is 8.39. The number of aliphatic hydroxyl groups excluding tert-OH is 1. The Kier molecular flexibility index (Phi) is 5.95. The molecule has 0 aromatic carbocycles. The maximum atomic E-state index is 12.8. The molecule has 27 heavy (non-hydrogen) atoms. The molecular weight excluding hydrogens is 344 g/mol. The van der Waals surface area contributed by atoms with Crippen molar-refractivity contribution in [2.75, 3.05) is 24.2 Å². The van der Waals surface area contributed by atoms with Gasteiger partial charge in [-0.05, 0) is 31.4 Å². The van der Waals surface area contributed by atoms with Gasteiger partial charge in [-0.2, -0.15) is 4.98 Å². The van der Waals surface area contributed by atoms with E-state index in [4.69, 9.17) is 5.73 Å². The van der Waals surface area contributed by atoms with E-state index in [9.17, 15) is 9.90 Å².